The third-order valence-corrected chi connectivity index (χ3v) is 9.24. The SMILES string of the molecule is COc1cccc2c1C(=O)c1c(O)c3c(c(O)c1C2=O)C[C@@](O)(C(=O)CO)C[C@H]3O[C@H]1C[C@@H](N2CCOCC2)[C@H](O)[C@@H](C)O1. The maximum absolute atomic E-state index is 13.8. The predicted octanol–water partition coefficient (Wildman–Crippen LogP) is 0.375. The molecule has 236 valence electrons. The Morgan fingerprint density at radius 1 is 1.09 bits per heavy atom. The molecule has 2 aromatic rings. The Labute approximate surface area is 252 Å². The van der Waals surface area contributed by atoms with Crippen molar-refractivity contribution in [3.63, 3.8) is 0 Å². The second-order valence-electron chi connectivity index (χ2n) is 11.7. The maximum atomic E-state index is 13.8. The molecular formula is C31H35NO12. The number of hydrogen-bond donors (Lipinski definition) is 5. The van der Waals surface area contributed by atoms with E-state index in [1.54, 1.807) is 6.92 Å². The van der Waals surface area contributed by atoms with E-state index in [2.05, 4.69) is 4.90 Å². The van der Waals surface area contributed by atoms with E-state index in [-0.39, 0.29) is 40.5 Å². The Morgan fingerprint density at radius 3 is 2.48 bits per heavy atom. The number of ether oxygens (including phenoxy) is 4. The smallest absolute Gasteiger partial charge is 0.202 e. The Kier molecular flexibility index (Phi) is 7.99. The summed E-state index contributed by atoms with van der Waals surface area (Å²) in [5.41, 5.74) is -3.52. The number of rotatable bonds is 6. The van der Waals surface area contributed by atoms with Crippen LogP contribution in [0.25, 0.3) is 0 Å². The van der Waals surface area contributed by atoms with Gasteiger partial charge in [-0.25, -0.2) is 0 Å². The predicted molar refractivity (Wildman–Crippen MR) is 150 cm³/mol. The number of fused-ring (bicyclic) bond motifs is 3. The van der Waals surface area contributed by atoms with Crippen LogP contribution in [0, 0.1) is 0 Å². The van der Waals surface area contributed by atoms with Gasteiger partial charge in [0.15, 0.2) is 17.9 Å². The van der Waals surface area contributed by atoms with Gasteiger partial charge in [0.05, 0.1) is 55.3 Å². The summed E-state index contributed by atoms with van der Waals surface area (Å²) in [6.45, 7) is 2.83. The number of methoxy groups -OCH3 is 1. The molecule has 2 aliphatic heterocycles. The topological polar surface area (TPSA) is 193 Å². The summed E-state index contributed by atoms with van der Waals surface area (Å²) in [5, 5.41) is 55.2. The molecule has 2 fully saturated rings. The minimum atomic E-state index is -2.24. The molecule has 5 N–H and O–H groups in total. The van der Waals surface area contributed by atoms with Gasteiger partial charge in [0.2, 0.25) is 5.78 Å². The van der Waals surface area contributed by atoms with E-state index in [0.29, 0.717) is 26.3 Å². The highest BCUT2D eigenvalue weighted by Gasteiger charge is 2.50. The van der Waals surface area contributed by atoms with Crippen LogP contribution in [0.2, 0.25) is 0 Å². The number of carbonyl (C=O) groups is 3. The molecule has 13 nitrogen and oxygen atoms in total. The normalized spacial score (nSPS) is 30.3. The van der Waals surface area contributed by atoms with E-state index < -0.39 is 89.6 Å². The van der Waals surface area contributed by atoms with Gasteiger partial charge in [-0.1, -0.05) is 12.1 Å². The summed E-state index contributed by atoms with van der Waals surface area (Å²) in [4.78, 5) is 42.3. The van der Waals surface area contributed by atoms with Crippen molar-refractivity contribution in [2.24, 2.45) is 0 Å². The van der Waals surface area contributed by atoms with Gasteiger partial charge in [0, 0.05) is 55.1 Å². The van der Waals surface area contributed by atoms with Gasteiger partial charge >= 0.3 is 0 Å². The quantitative estimate of drug-likeness (QED) is 0.240. The molecule has 0 aromatic heterocycles. The van der Waals surface area contributed by atoms with E-state index >= 15 is 0 Å². The zero-order valence-corrected chi connectivity index (χ0v) is 24.3. The van der Waals surface area contributed by atoms with Crippen molar-refractivity contribution in [1.29, 1.82) is 0 Å². The van der Waals surface area contributed by atoms with Crippen LogP contribution in [0.3, 0.4) is 0 Å². The lowest BCUT2D eigenvalue weighted by atomic mass is 9.72. The third-order valence-electron chi connectivity index (χ3n) is 9.24. The molecule has 2 aromatic carbocycles. The van der Waals surface area contributed by atoms with Crippen LogP contribution in [0.1, 0.15) is 68.8 Å². The number of morpholine rings is 1. The molecule has 0 saturated carbocycles. The molecule has 0 radical (unpaired) electrons. The summed E-state index contributed by atoms with van der Waals surface area (Å²) in [6, 6.07) is 4.04. The molecule has 0 amide bonds. The average Bonchev–Trinajstić information content (AvgIpc) is 3.02. The highest BCUT2D eigenvalue weighted by atomic mass is 16.7. The molecule has 13 heteroatoms. The Hall–Kier alpha value is -3.43. The van der Waals surface area contributed by atoms with Crippen molar-refractivity contribution in [1.82, 2.24) is 4.90 Å². The fraction of sp³-hybridized carbons (Fsp3) is 0.516. The number of aliphatic hydroxyl groups excluding tert-OH is 2. The summed E-state index contributed by atoms with van der Waals surface area (Å²) in [7, 11) is 1.34. The second kappa shape index (κ2) is 11.5. The lowest BCUT2D eigenvalue weighted by Crippen LogP contribution is -2.58. The highest BCUT2D eigenvalue weighted by molar-refractivity contribution is 6.31. The largest absolute Gasteiger partial charge is 0.507 e. The average molecular weight is 614 g/mol. The van der Waals surface area contributed by atoms with E-state index in [1.165, 1.54) is 25.3 Å². The van der Waals surface area contributed by atoms with Gasteiger partial charge in [-0.3, -0.25) is 19.3 Å². The standard InChI is InChI=1S/C31H35NO12/c1-14-26(35)17(32-6-8-42-9-7-32)10-21(43-14)44-19-12-31(40,20(34)13-33)11-16-23(19)30(39)25-24(28(16)37)27(36)15-4-3-5-18(41-2)22(15)29(25)38/h3-5,14,17,19,21,26,33,35,37,39-40H,6-13H2,1-2H3/t14-,17-,19-,21+,26-,31+/m1/s1. The van der Waals surface area contributed by atoms with Crippen LogP contribution < -0.4 is 4.74 Å². The molecule has 4 aliphatic rings. The molecule has 0 spiro atoms. The zero-order chi connectivity index (χ0) is 31.5. The lowest BCUT2D eigenvalue weighted by molar-refractivity contribution is -0.260. The van der Waals surface area contributed by atoms with E-state index in [9.17, 15) is 39.9 Å². The van der Waals surface area contributed by atoms with Crippen LogP contribution in [-0.2, 0) is 25.4 Å². The molecule has 44 heavy (non-hydrogen) atoms. The number of benzene rings is 2. The number of ketones is 3. The summed E-state index contributed by atoms with van der Waals surface area (Å²) in [6.07, 6.45) is -4.66. The molecule has 2 saturated heterocycles. The van der Waals surface area contributed by atoms with E-state index in [4.69, 9.17) is 18.9 Å². The van der Waals surface area contributed by atoms with Gasteiger partial charge in [-0.05, 0) is 13.0 Å². The summed E-state index contributed by atoms with van der Waals surface area (Å²) >= 11 is 0. The van der Waals surface area contributed by atoms with Crippen LogP contribution in [0.15, 0.2) is 18.2 Å². The van der Waals surface area contributed by atoms with Crippen LogP contribution >= 0.6 is 0 Å². The number of Topliss-reactive ketones (excluding diaryl/α,β-unsaturated/α-hetero) is 1. The van der Waals surface area contributed by atoms with Crippen molar-refractivity contribution in [3.05, 3.63) is 51.6 Å². The number of phenols is 2. The number of phenolic OH excluding ortho intramolecular Hbond substituents is 2. The summed E-state index contributed by atoms with van der Waals surface area (Å²) in [5.74, 6) is -3.68. The van der Waals surface area contributed by atoms with E-state index in [0.717, 1.165) is 0 Å². The van der Waals surface area contributed by atoms with Crippen molar-refractivity contribution in [2.75, 3.05) is 40.0 Å². The Bertz CT molecular complexity index is 1520. The molecule has 2 aliphatic carbocycles. The molecule has 6 rings (SSSR count). The monoisotopic (exact) mass is 613 g/mol. The van der Waals surface area contributed by atoms with Crippen molar-refractivity contribution >= 4 is 17.3 Å². The number of hydrogen-bond acceptors (Lipinski definition) is 13. The fourth-order valence-corrected chi connectivity index (χ4v) is 6.96. The van der Waals surface area contributed by atoms with Gasteiger partial charge in [0.25, 0.3) is 0 Å². The molecular weight excluding hydrogens is 578 g/mol. The number of aromatic hydroxyl groups is 2. The molecule has 6 atom stereocenters. The highest BCUT2D eigenvalue weighted by Crippen LogP contribution is 2.52. The van der Waals surface area contributed by atoms with Crippen LogP contribution in [-0.4, -0.2) is 118 Å². The van der Waals surface area contributed by atoms with Crippen LogP contribution in [0.5, 0.6) is 17.2 Å². The third kappa shape index (κ3) is 4.79. The van der Waals surface area contributed by atoms with Crippen molar-refractivity contribution in [3.8, 4) is 17.2 Å². The Morgan fingerprint density at radius 2 is 1.80 bits per heavy atom. The fourth-order valence-electron chi connectivity index (χ4n) is 6.96. The minimum Gasteiger partial charge on any atom is -0.507 e. The minimum absolute atomic E-state index is 0.0425. The van der Waals surface area contributed by atoms with Gasteiger partial charge in [-0.2, -0.15) is 0 Å². The first-order valence-corrected chi connectivity index (χ1v) is 14.5. The summed E-state index contributed by atoms with van der Waals surface area (Å²) < 4.78 is 23.0. The van der Waals surface area contributed by atoms with Gasteiger partial charge in [-0.15, -0.1) is 0 Å². The van der Waals surface area contributed by atoms with E-state index in [1.807, 2.05) is 0 Å². The number of aliphatic hydroxyl groups is 3. The zero-order valence-electron chi connectivity index (χ0n) is 24.3. The van der Waals surface area contributed by atoms with Gasteiger partial charge in [0.1, 0.15) is 29.5 Å². The van der Waals surface area contributed by atoms with Crippen molar-refractivity contribution < 1.29 is 58.9 Å². The maximum Gasteiger partial charge on any atom is 0.202 e. The molecule has 0 unspecified atom stereocenters. The van der Waals surface area contributed by atoms with Crippen molar-refractivity contribution in [2.45, 2.75) is 62.4 Å². The Balaban J connectivity index is 1.45. The second-order valence-corrected chi connectivity index (χ2v) is 11.7. The lowest BCUT2D eigenvalue weighted by Gasteiger charge is -2.46. The van der Waals surface area contributed by atoms with Crippen LogP contribution in [0.4, 0.5) is 0 Å². The van der Waals surface area contributed by atoms with Gasteiger partial charge < -0.3 is 44.5 Å². The first-order valence-electron chi connectivity index (χ1n) is 14.5. The molecule has 2 heterocycles. The first-order chi connectivity index (χ1) is 21.0. The number of carbonyl (C=O) groups excluding carboxylic acids is 3. The first kappa shape index (κ1) is 30.6. The number of nitrogens with zero attached hydrogens (tertiary/aromatic N) is 1. The molecule has 0 bridgehead atoms.